The number of anilines is 1. The van der Waals surface area contributed by atoms with Gasteiger partial charge in [-0.1, -0.05) is 42.5 Å². The topological polar surface area (TPSA) is 114 Å². The lowest BCUT2D eigenvalue weighted by Crippen LogP contribution is -2.18. The highest BCUT2D eigenvalue weighted by Crippen LogP contribution is 2.24. The Morgan fingerprint density at radius 2 is 1.76 bits per heavy atom. The number of hydrogen-bond acceptors (Lipinski definition) is 4. The van der Waals surface area contributed by atoms with Crippen LogP contribution in [-0.4, -0.2) is 24.0 Å². The van der Waals surface area contributed by atoms with E-state index in [1.807, 2.05) is 30.3 Å². The number of benzene rings is 3. The van der Waals surface area contributed by atoms with Crippen LogP contribution in [0.5, 0.6) is 0 Å². The molecule has 4 aromatic rings. The summed E-state index contributed by atoms with van der Waals surface area (Å²) in [6.45, 7) is 1.72. The van der Waals surface area contributed by atoms with Gasteiger partial charge in [0.05, 0.1) is 11.4 Å². The molecule has 7 nitrogen and oxygen atoms in total. The van der Waals surface area contributed by atoms with Crippen LogP contribution in [0.1, 0.15) is 11.3 Å². The summed E-state index contributed by atoms with van der Waals surface area (Å²) in [4.78, 5) is 0. The molecular formula is C21H19N5O2S. The summed E-state index contributed by atoms with van der Waals surface area (Å²) in [5.41, 5.74) is 7.57. The summed E-state index contributed by atoms with van der Waals surface area (Å²) in [6, 6.07) is 21.3. The second kappa shape index (κ2) is 7.06. The largest absolute Gasteiger partial charge is 0.384 e. The molecule has 4 rings (SSSR count). The van der Waals surface area contributed by atoms with Crippen molar-refractivity contribution in [3.05, 3.63) is 84.1 Å². The number of aryl methyl sites for hydroxylation is 1. The van der Waals surface area contributed by atoms with Crippen LogP contribution in [0.4, 0.5) is 5.69 Å². The zero-order valence-electron chi connectivity index (χ0n) is 15.6. The van der Waals surface area contributed by atoms with E-state index in [1.165, 1.54) is 10.7 Å². The fourth-order valence-corrected chi connectivity index (χ4v) is 4.36. The average Bonchev–Trinajstić information content (AvgIpc) is 3.10. The van der Waals surface area contributed by atoms with Crippen LogP contribution in [0, 0.1) is 12.3 Å². The first-order chi connectivity index (χ1) is 13.8. The Balaban J connectivity index is 1.75. The second-order valence-electron chi connectivity index (χ2n) is 6.67. The first-order valence-electron chi connectivity index (χ1n) is 8.87. The van der Waals surface area contributed by atoms with Crippen LogP contribution in [0.15, 0.2) is 77.8 Å². The van der Waals surface area contributed by atoms with Crippen LogP contribution in [-0.2, 0) is 10.0 Å². The fraction of sp³-hybridized carbons (Fsp3) is 0.0476. The van der Waals surface area contributed by atoms with Crippen molar-refractivity contribution in [1.82, 2.24) is 9.78 Å². The Bertz CT molecular complexity index is 1340. The van der Waals surface area contributed by atoms with Gasteiger partial charge in [-0.3, -0.25) is 10.1 Å². The summed E-state index contributed by atoms with van der Waals surface area (Å²) < 4.78 is 30.2. The second-order valence-corrected chi connectivity index (χ2v) is 8.30. The van der Waals surface area contributed by atoms with Gasteiger partial charge in [0.2, 0.25) is 0 Å². The van der Waals surface area contributed by atoms with E-state index < -0.39 is 10.0 Å². The van der Waals surface area contributed by atoms with Gasteiger partial charge in [0.1, 0.15) is 5.84 Å². The van der Waals surface area contributed by atoms with E-state index in [0.29, 0.717) is 22.6 Å². The van der Waals surface area contributed by atoms with Crippen molar-refractivity contribution in [2.24, 2.45) is 5.73 Å². The lowest BCUT2D eigenvalue weighted by atomic mass is 10.1. The van der Waals surface area contributed by atoms with Crippen LogP contribution in [0.2, 0.25) is 0 Å². The van der Waals surface area contributed by atoms with Gasteiger partial charge in [-0.05, 0) is 42.0 Å². The maximum atomic E-state index is 13.1. The number of sulfonamides is 1. The summed E-state index contributed by atoms with van der Waals surface area (Å²) in [6.07, 6.45) is 0. The van der Waals surface area contributed by atoms with Gasteiger partial charge >= 0.3 is 0 Å². The first-order valence-corrected chi connectivity index (χ1v) is 10.3. The molecule has 0 radical (unpaired) electrons. The minimum atomic E-state index is -3.91. The van der Waals surface area contributed by atoms with Gasteiger partial charge in [-0.15, -0.1) is 0 Å². The van der Waals surface area contributed by atoms with Crippen molar-refractivity contribution >= 4 is 32.3 Å². The number of nitrogens with two attached hydrogens (primary N) is 1. The first kappa shape index (κ1) is 18.7. The van der Waals surface area contributed by atoms with Crippen LogP contribution >= 0.6 is 0 Å². The highest BCUT2D eigenvalue weighted by atomic mass is 32.2. The molecule has 0 amide bonds. The molecule has 29 heavy (non-hydrogen) atoms. The van der Waals surface area contributed by atoms with Crippen molar-refractivity contribution in [3.8, 4) is 5.69 Å². The standard InChI is InChI=1S/C21H19N5O2S/c1-14-11-20(26(24-14)19-8-4-7-17(13-19)21(22)23)29(27,28)25-18-10-9-15-5-2-3-6-16(15)12-18/h2-13,25H,1H3,(H3,22,23). The van der Waals surface area contributed by atoms with Crippen molar-refractivity contribution in [2.75, 3.05) is 4.72 Å². The van der Waals surface area contributed by atoms with Gasteiger partial charge in [0.25, 0.3) is 10.0 Å². The summed E-state index contributed by atoms with van der Waals surface area (Å²) in [5, 5.41) is 13.9. The minimum Gasteiger partial charge on any atom is -0.384 e. The minimum absolute atomic E-state index is 0.00357. The normalized spacial score (nSPS) is 11.5. The molecule has 8 heteroatoms. The van der Waals surface area contributed by atoms with Gasteiger partial charge < -0.3 is 5.73 Å². The molecule has 0 spiro atoms. The van der Waals surface area contributed by atoms with Crippen LogP contribution in [0.25, 0.3) is 16.5 Å². The molecule has 0 aliphatic heterocycles. The molecule has 0 unspecified atom stereocenters. The van der Waals surface area contributed by atoms with Crippen molar-refractivity contribution in [3.63, 3.8) is 0 Å². The van der Waals surface area contributed by atoms with Crippen LogP contribution in [0.3, 0.4) is 0 Å². The lowest BCUT2D eigenvalue weighted by molar-refractivity contribution is 0.591. The molecule has 3 aromatic carbocycles. The number of nitrogens with one attached hydrogen (secondary N) is 2. The molecule has 0 aliphatic rings. The fourth-order valence-electron chi connectivity index (χ4n) is 3.12. The van der Waals surface area contributed by atoms with Gasteiger partial charge in [0.15, 0.2) is 5.03 Å². The van der Waals surface area contributed by atoms with E-state index in [1.54, 1.807) is 43.3 Å². The molecule has 0 atom stereocenters. The number of fused-ring (bicyclic) bond motifs is 1. The SMILES string of the molecule is Cc1cc(S(=O)(=O)Nc2ccc3ccccc3c2)n(-c2cccc(C(=N)N)c2)n1. The molecule has 0 bridgehead atoms. The molecule has 0 saturated carbocycles. The number of nitrogens with zero attached hydrogens (tertiary/aromatic N) is 2. The quantitative estimate of drug-likeness (QED) is 0.349. The highest BCUT2D eigenvalue weighted by Gasteiger charge is 2.22. The van der Waals surface area contributed by atoms with E-state index in [2.05, 4.69) is 9.82 Å². The third kappa shape index (κ3) is 3.70. The van der Waals surface area contributed by atoms with Gasteiger partial charge in [-0.25, -0.2) is 4.68 Å². The van der Waals surface area contributed by atoms with Gasteiger partial charge in [0, 0.05) is 17.3 Å². The van der Waals surface area contributed by atoms with Crippen LogP contribution < -0.4 is 10.5 Å². The summed E-state index contributed by atoms with van der Waals surface area (Å²) in [5.74, 6) is -0.102. The summed E-state index contributed by atoms with van der Waals surface area (Å²) >= 11 is 0. The number of nitrogen functional groups attached to an aromatic ring is 1. The molecule has 1 aromatic heterocycles. The lowest BCUT2D eigenvalue weighted by Gasteiger charge is -2.12. The molecule has 146 valence electrons. The number of aromatic nitrogens is 2. The van der Waals surface area contributed by atoms with E-state index in [9.17, 15) is 8.42 Å². The monoisotopic (exact) mass is 405 g/mol. The number of rotatable bonds is 5. The van der Waals surface area contributed by atoms with E-state index in [-0.39, 0.29) is 10.9 Å². The van der Waals surface area contributed by atoms with Gasteiger partial charge in [-0.2, -0.15) is 13.5 Å². The van der Waals surface area contributed by atoms with E-state index in [4.69, 9.17) is 11.1 Å². The van der Waals surface area contributed by atoms with Crippen molar-refractivity contribution in [2.45, 2.75) is 11.9 Å². The zero-order chi connectivity index (χ0) is 20.6. The molecule has 0 fully saturated rings. The Morgan fingerprint density at radius 1 is 1.00 bits per heavy atom. The molecule has 1 heterocycles. The predicted molar refractivity (Wildman–Crippen MR) is 114 cm³/mol. The third-order valence-corrected chi connectivity index (χ3v) is 5.82. The number of hydrogen-bond donors (Lipinski definition) is 3. The van der Waals surface area contributed by atoms with Crippen molar-refractivity contribution in [1.29, 1.82) is 5.41 Å². The zero-order valence-corrected chi connectivity index (χ0v) is 16.4. The third-order valence-electron chi connectivity index (χ3n) is 4.48. The highest BCUT2D eigenvalue weighted by molar-refractivity contribution is 7.92. The van der Waals surface area contributed by atoms with Crippen molar-refractivity contribution < 1.29 is 8.42 Å². The molecular weight excluding hydrogens is 386 g/mol. The number of amidine groups is 1. The molecule has 4 N–H and O–H groups in total. The Morgan fingerprint density at radius 3 is 2.52 bits per heavy atom. The Kier molecular flexibility index (Phi) is 4.56. The smallest absolute Gasteiger partial charge is 0.279 e. The van der Waals surface area contributed by atoms with E-state index in [0.717, 1.165) is 10.8 Å². The summed E-state index contributed by atoms with van der Waals surface area (Å²) in [7, 11) is -3.91. The average molecular weight is 405 g/mol. The molecule has 0 aliphatic carbocycles. The maximum absolute atomic E-state index is 13.1. The Hall–Kier alpha value is -3.65. The maximum Gasteiger partial charge on any atom is 0.279 e. The Labute approximate surface area is 168 Å². The predicted octanol–water partition coefficient (Wildman–Crippen LogP) is 3.42. The van der Waals surface area contributed by atoms with E-state index >= 15 is 0 Å². The molecule has 0 saturated heterocycles.